The normalized spacial score (nSPS) is 10.7. The smallest absolute Gasteiger partial charge is 0.224 e. The fourth-order valence-electron chi connectivity index (χ4n) is 1.62. The molecule has 0 amide bonds. The Bertz CT molecular complexity index is 664. The molecule has 0 fully saturated rings. The van der Waals surface area contributed by atoms with Crippen LogP contribution in [0.25, 0.3) is 10.2 Å². The van der Waals surface area contributed by atoms with Crippen LogP contribution >= 0.6 is 23.1 Å². The van der Waals surface area contributed by atoms with Crippen LogP contribution in [0.1, 0.15) is 0 Å². The minimum absolute atomic E-state index is 0.670. The number of rotatable bonds is 3. The lowest BCUT2D eigenvalue weighted by atomic mass is 10.4. The first-order valence-corrected chi connectivity index (χ1v) is 7.22. The summed E-state index contributed by atoms with van der Waals surface area (Å²) < 4.78 is 0. The zero-order chi connectivity index (χ0) is 12.4. The van der Waals surface area contributed by atoms with Crippen LogP contribution in [0.15, 0.2) is 51.7 Å². The lowest BCUT2D eigenvalue weighted by Crippen LogP contribution is -1.96. The van der Waals surface area contributed by atoms with Gasteiger partial charge in [-0.1, -0.05) is 30.0 Å². The van der Waals surface area contributed by atoms with Gasteiger partial charge in [0.25, 0.3) is 0 Å². The highest BCUT2D eigenvalue weighted by atomic mass is 32.2. The highest BCUT2D eigenvalue weighted by Crippen LogP contribution is 2.33. The van der Waals surface area contributed by atoms with Crippen molar-refractivity contribution in [1.82, 2.24) is 9.97 Å². The van der Waals surface area contributed by atoms with Crippen LogP contribution in [0.4, 0.5) is 5.95 Å². The summed E-state index contributed by atoms with van der Waals surface area (Å²) in [6.45, 7) is 0. The molecule has 90 valence electrons. The third-order valence-corrected chi connectivity index (χ3v) is 4.29. The number of fused-ring (bicyclic) bond motifs is 1. The first kappa shape index (κ1) is 11.5. The Morgan fingerprint density at radius 1 is 1.11 bits per heavy atom. The van der Waals surface area contributed by atoms with Crippen LogP contribution in [0.2, 0.25) is 0 Å². The highest BCUT2D eigenvalue weighted by molar-refractivity contribution is 7.99. The van der Waals surface area contributed by atoms with E-state index in [4.69, 9.17) is 0 Å². The molecule has 0 aliphatic carbocycles. The van der Waals surface area contributed by atoms with E-state index in [9.17, 15) is 0 Å². The van der Waals surface area contributed by atoms with Crippen molar-refractivity contribution in [3.63, 3.8) is 0 Å². The molecule has 0 saturated carbocycles. The van der Waals surface area contributed by atoms with E-state index < -0.39 is 0 Å². The van der Waals surface area contributed by atoms with Crippen LogP contribution in [-0.4, -0.2) is 17.0 Å². The summed E-state index contributed by atoms with van der Waals surface area (Å²) in [6.07, 6.45) is 0. The van der Waals surface area contributed by atoms with E-state index in [-0.39, 0.29) is 0 Å². The standard InChI is InChI=1S/C13H11N3S2/c1-14-13-15-11-10(7-8-17-11)12(16-13)18-9-5-3-2-4-6-9/h2-8H,1H3,(H,14,15,16). The SMILES string of the molecule is CNc1nc(Sc2ccccc2)c2ccsc2n1. The molecule has 18 heavy (non-hydrogen) atoms. The maximum atomic E-state index is 4.53. The molecule has 3 rings (SSSR count). The third-order valence-electron chi connectivity index (χ3n) is 2.47. The Balaban J connectivity index is 2.07. The fraction of sp³-hybridized carbons (Fsp3) is 0.0769. The summed E-state index contributed by atoms with van der Waals surface area (Å²) in [7, 11) is 1.84. The molecule has 3 nitrogen and oxygen atoms in total. The topological polar surface area (TPSA) is 37.8 Å². The molecule has 0 saturated heterocycles. The van der Waals surface area contributed by atoms with Gasteiger partial charge in [0, 0.05) is 17.3 Å². The number of thiophene rings is 1. The quantitative estimate of drug-likeness (QED) is 0.735. The summed E-state index contributed by atoms with van der Waals surface area (Å²) >= 11 is 3.30. The van der Waals surface area contributed by atoms with Crippen molar-refractivity contribution in [3.05, 3.63) is 41.8 Å². The van der Waals surface area contributed by atoms with Gasteiger partial charge in [0.05, 0.1) is 0 Å². The van der Waals surface area contributed by atoms with Gasteiger partial charge in [-0.05, 0) is 23.6 Å². The molecular formula is C13H11N3S2. The Hall–Kier alpha value is -1.59. The summed E-state index contributed by atoms with van der Waals surface area (Å²) in [6, 6.07) is 12.3. The molecule has 0 spiro atoms. The van der Waals surface area contributed by atoms with Gasteiger partial charge in [-0.15, -0.1) is 11.3 Å². The second-order valence-corrected chi connectivity index (χ2v) is 5.61. The van der Waals surface area contributed by atoms with Gasteiger partial charge < -0.3 is 5.32 Å². The molecule has 5 heteroatoms. The van der Waals surface area contributed by atoms with E-state index in [1.54, 1.807) is 23.1 Å². The van der Waals surface area contributed by atoms with Gasteiger partial charge in [-0.3, -0.25) is 0 Å². The van der Waals surface area contributed by atoms with Crippen LogP contribution in [0.3, 0.4) is 0 Å². The number of benzene rings is 1. The van der Waals surface area contributed by atoms with Crippen molar-refractivity contribution in [2.24, 2.45) is 0 Å². The predicted octanol–water partition coefficient (Wildman–Crippen LogP) is 3.88. The maximum Gasteiger partial charge on any atom is 0.224 e. The summed E-state index contributed by atoms with van der Waals surface area (Å²) in [5.41, 5.74) is 0. The van der Waals surface area contributed by atoms with Crippen LogP contribution in [0.5, 0.6) is 0 Å². The van der Waals surface area contributed by atoms with Gasteiger partial charge >= 0.3 is 0 Å². The Labute approximate surface area is 113 Å². The van der Waals surface area contributed by atoms with Gasteiger partial charge in [0.1, 0.15) is 9.86 Å². The van der Waals surface area contributed by atoms with Crippen molar-refractivity contribution in [2.75, 3.05) is 12.4 Å². The Kier molecular flexibility index (Phi) is 3.17. The van der Waals surface area contributed by atoms with Gasteiger partial charge in [0.15, 0.2) is 0 Å². The molecule has 0 bridgehead atoms. The van der Waals surface area contributed by atoms with E-state index in [1.807, 2.05) is 30.6 Å². The second-order valence-electron chi connectivity index (χ2n) is 3.66. The molecule has 2 heterocycles. The summed E-state index contributed by atoms with van der Waals surface area (Å²) in [5.74, 6) is 0.670. The first-order chi connectivity index (χ1) is 8.86. The number of hydrogen-bond acceptors (Lipinski definition) is 5. The number of nitrogens with zero attached hydrogens (tertiary/aromatic N) is 2. The van der Waals surface area contributed by atoms with Crippen molar-refractivity contribution >= 4 is 39.3 Å². The Morgan fingerprint density at radius 2 is 1.94 bits per heavy atom. The lowest BCUT2D eigenvalue weighted by Gasteiger charge is -2.05. The van der Waals surface area contributed by atoms with Crippen molar-refractivity contribution < 1.29 is 0 Å². The van der Waals surface area contributed by atoms with Gasteiger partial charge in [-0.2, -0.15) is 0 Å². The van der Waals surface area contributed by atoms with E-state index in [0.717, 1.165) is 15.2 Å². The molecule has 0 unspecified atom stereocenters. The highest BCUT2D eigenvalue weighted by Gasteiger charge is 2.09. The molecule has 0 radical (unpaired) electrons. The third kappa shape index (κ3) is 2.19. The molecule has 0 atom stereocenters. The van der Waals surface area contributed by atoms with E-state index >= 15 is 0 Å². The van der Waals surface area contributed by atoms with E-state index in [0.29, 0.717) is 5.95 Å². The van der Waals surface area contributed by atoms with Crippen molar-refractivity contribution in [3.8, 4) is 0 Å². The van der Waals surface area contributed by atoms with E-state index in [2.05, 4.69) is 33.5 Å². The van der Waals surface area contributed by atoms with Gasteiger partial charge in [0.2, 0.25) is 5.95 Å². The molecule has 2 aromatic heterocycles. The molecule has 0 aliphatic rings. The minimum Gasteiger partial charge on any atom is -0.357 e. The monoisotopic (exact) mass is 273 g/mol. The number of hydrogen-bond donors (Lipinski definition) is 1. The number of anilines is 1. The van der Waals surface area contributed by atoms with Crippen LogP contribution in [-0.2, 0) is 0 Å². The maximum absolute atomic E-state index is 4.53. The van der Waals surface area contributed by atoms with Crippen LogP contribution in [0, 0.1) is 0 Å². The molecule has 0 aliphatic heterocycles. The average molecular weight is 273 g/mol. The van der Waals surface area contributed by atoms with E-state index in [1.165, 1.54) is 4.90 Å². The minimum atomic E-state index is 0.670. The molecule has 1 aromatic carbocycles. The fourth-order valence-corrected chi connectivity index (χ4v) is 3.37. The first-order valence-electron chi connectivity index (χ1n) is 5.53. The van der Waals surface area contributed by atoms with Crippen LogP contribution < -0.4 is 5.32 Å². The van der Waals surface area contributed by atoms with Gasteiger partial charge in [-0.25, -0.2) is 9.97 Å². The Morgan fingerprint density at radius 3 is 2.72 bits per heavy atom. The predicted molar refractivity (Wildman–Crippen MR) is 77.5 cm³/mol. The zero-order valence-electron chi connectivity index (χ0n) is 9.75. The number of aromatic nitrogens is 2. The summed E-state index contributed by atoms with van der Waals surface area (Å²) in [4.78, 5) is 11.2. The largest absolute Gasteiger partial charge is 0.357 e. The lowest BCUT2D eigenvalue weighted by molar-refractivity contribution is 1.10. The van der Waals surface area contributed by atoms with Crippen molar-refractivity contribution in [2.45, 2.75) is 9.92 Å². The summed E-state index contributed by atoms with van der Waals surface area (Å²) in [5, 5.41) is 7.17. The average Bonchev–Trinajstić information content (AvgIpc) is 2.88. The molecule has 3 aromatic rings. The molecule has 1 N–H and O–H groups in total. The zero-order valence-corrected chi connectivity index (χ0v) is 11.4. The van der Waals surface area contributed by atoms with Crippen molar-refractivity contribution in [1.29, 1.82) is 0 Å². The molecular weight excluding hydrogens is 262 g/mol. The number of nitrogens with one attached hydrogen (secondary N) is 1. The second kappa shape index (κ2) is 4.96.